The predicted molar refractivity (Wildman–Crippen MR) is 139 cm³/mol. The van der Waals surface area contributed by atoms with E-state index in [0.717, 1.165) is 16.0 Å². The van der Waals surface area contributed by atoms with Gasteiger partial charge in [-0.15, -0.1) is 11.3 Å². The second-order valence-corrected chi connectivity index (χ2v) is 11.1. The molecule has 0 aliphatic carbocycles. The van der Waals surface area contributed by atoms with Crippen LogP contribution >= 0.6 is 11.3 Å². The molecule has 0 unspecified atom stereocenters. The molecule has 0 atom stereocenters. The van der Waals surface area contributed by atoms with Crippen molar-refractivity contribution in [1.82, 2.24) is 4.90 Å². The molecule has 0 radical (unpaired) electrons. The van der Waals surface area contributed by atoms with Crippen LogP contribution in [0.2, 0.25) is 0 Å². The van der Waals surface area contributed by atoms with Crippen molar-refractivity contribution in [2.75, 3.05) is 30.8 Å². The third kappa shape index (κ3) is 5.59. The molecule has 194 valence electrons. The predicted octanol–water partition coefficient (Wildman–Crippen LogP) is 4.02. The van der Waals surface area contributed by atoms with Gasteiger partial charge >= 0.3 is 12.1 Å². The van der Waals surface area contributed by atoms with Crippen LogP contribution in [0.15, 0.2) is 53.4 Å². The van der Waals surface area contributed by atoms with E-state index in [2.05, 4.69) is 10.0 Å². The minimum Gasteiger partial charge on any atom is -0.465 e. The van der Waals surface area contributed by atoms with Crippen molar-refractivity contribution in [1.29, 1.82) is 0 Å². The molecule has 2 amide bonds. The number of nitrogens with zero attached hydrogens (tertiary/aromatic N) is 1. The van der Waals surface area contributed by atoms with Gasteiger partial charge in [0.1, 0.15) is 5.00 Å². The SMILES string of the molecule is COC(=O)c1c(NC(=O)c2ccc(NS(=O)(=O)c3ccc(C)cc3)cc2)sc2c1CCN(C(=O)OC)C2. The molecule has 1 aliphatic rings. The van der Waals surface area contributed by atoms with Crippen molar-refractivity contribution in [2.24, 2.45) is 0 Å². The molecule has 0 saturated carbocycles. The Kier molecular flexibility index (Phi) is 7.50. The summed E-state index contributed by atoms with van der Waals surface area (Å²) in [5, 5.41) is 3.08. The lowest BCUT2D eigenvalue weighted by Crippen LogP contribution is -2.35. The lowest BCUT2D eigenvalue weighted by molar-refractivity contribution is 0.0600. The van der Waals surface area contributed by atoms with Gasteiger partial charge in [-0.1, -0.05) is 17.7 Å². The van der Waals surface area contributed by atoms with Crippen molar-refractivity contribution < 1.29 is 32.3 Å². The maximum Gasteiger partial charge on any atom is 0.409 e. The summed E-state index contributed by atoms with van der Waals surface area (Å²) in [6, 6.07) is 12.4. The van der Waals surface area contributed by atoms with E-state index in [4.69, 9.17) is 9.47 Å². The van der Waals surface area contributed by atoms with Crippen molar-refractivity contribution in [3.63, 3.8) is 0 Å². The smallest absolute Gasteiger partial charge is 0.409 e. The summed E-state index contributed by atoms with van der Waals surface area (Å²) in [4.78, 5) is 39.8. The van der Waals surface area contributed by atoms with Crippen LogP contribution in [0.3, 0.4) is 0 Å². The largest absolute Gasteiger partial charge is 0.465 e. The average Bonchev–Trinajstić information content (AvgIpc) is 3.25. The Morgan fingerprint density at radius 2 is 1.65 bits per heavy atom. The number of sulfonamides is 1. The zero-order chi connectivity index (χ0) is 26.7. The van der Waals surface area contributed by atoms with E-state index in [1.807, 2.05) is 6.92 Å². The normalized spacial score (nSPS) is 12.9. The molecule has 2 N–H and O–H groups in total. The second kappa shape index (κ2) is 10.6. The molecular weight excluding hydrogens is 518 g/mol. The number of hydrogen-bond donors (Lipinski definition) is 2. The van der Waals surface area contributed by atoms with E-state index in [-0.39, 0.29) is 22.6 Å². The molecule has 3 aromatic rings. The summed E-state index contributed by atoms with van der Waals surface area (Å²) in [6.07, 6.45) is -0.0563. The highest BCUT2D eigenvalue weighted by molar-refractivity contribution is 7.92. The van der Waals surface area contributed by atoms with Crippen molar-refractivity contribution in [3.05, 3.63) is 75.7 Å². The first-order valence-electron chi connectivity index (χ1n) is 11.2. The van der Waals surface area contributed by atoms with Gasteiger partial charge in [-0.05, 0) is 55.3 Å². The number of amides is 2. The van der Waals surface area contributed by atoms with Crippen LogP contribution in [-0.4, -0.2) is 52.1 Å². The third-order valence-electron chi connectivity index (χ3n) is 5.84. The number of rotatable bonds is 6. The molecule has 4 rings (SSSR count). The first kappa shape index (κ1) is 26.2. The quantitative estimate of drug-likeness (QED) is 0.449. The van der Waals surface area contributed by atoms with Crippen LogP contribution in [0, 0.1) is 6.92 Å². The fourth-order valence-corrected chi connectivity index (χ4v) is 6.20. The van der Waals surface area contributed by atoms with Gasteiger partial charge in [0.15, 0.2) is 0 Å². The average molecular weight is 544 g/mol. The van der Waals surface area contributed by atoms with Gasteiger partial charge in [0.25, 0.3) is 15.9 Å². The number of ether oxygens (including phenoxy) is 2. The minimum absolute atomic E-state index is 0.127. The maximum absolute atomic E-state index is 13.0. The van der Waals surface area contributed by atoms with Crippen LogP contribution in [-0.2, 0) is 32.5 Å². The number of carbonyl (C=O) groups is 3. The number of anilines is 2. The molecule has 0 bridgehead atoms. The van der Waals surface area contributed by atoms with E-state index in [1.165, 1.54) is 66.9 Å². The minimum atomic E-state index is -3.78. The van der Waals surface area contributed by atoms with Crippen LogP contribution in [0.5, 0.6) is 0 Å². The van der Waals surface area contributed by atoms with Crippen LogP contribution in [0.1, 0.15) is 36.7 Å². The lowest BCUT2D eigenvalue weighted by atomic mass is 10.0. The molecule has 0 spiro atoms. The van der Waals surface area contributed by atoms with Crippen molar-refractivity contribution >= 4 is 50.0 Å². The highest BCUT2D eigenvalue weighted by Gasteiger charge is 2.31. The van der Waals surface area contributed by atoms with Crippen LogP contribution in [0.25, 0.3) is 0 Å². The number of benzene rings is 2. The van der Waals surface area contributed by atoms with E-state index < -0.39 is 28.0 Å². The highest BCUT2D eigenvalue weighted by Crippen LogP contribution is 2.38. The van der Waals surface area contributed by atoms with Gasteiger partial charge in [-0.2, -0.15) is 0 Å². The van der Waals surface area contributed by atoms with Gasteiger partial charge in [0, 0.05) is 22.7 Å². The highest BCUT2D eigenvalue weighted by atomic mass is 32.2. The van der Waals surface area contributed by atoms with Gasteiger partial charge in [0.05, 0.1) is 31.2 Å². The number of nitrogens with one attached hydrogen (secondary N) is 2. The van der Waals surface area contributed by atoms with Gasteiger partial charge in [-0.3, -0.25) is 9.52 Å². The molecule has 12 heteroatoms. The standard InChI is InChI=1S/C25H25N3O7S2/c1-15-4-10-18(11-5-15)37(32,33)27-17-8-6-16(7-9-17)22(29)26-23-21(24(30)34-2)19-12-13-28(25(31)35-3)14-20(19)36-23/h4-11,27H,12-14H2,1-3H3,(H,26,29). The Morgan fingerprint density at radius 1 is 0.973 bits per heavy atom. The first-order valence-corrected chi connectivity index (χ1v) is 13.5. The third-order valence-corrected chi connectivity index (χ3v) is 8.37. The number of thiophene rings is 1. The molecule has 1 aromatic heterocycles. The zero-order valence-corrected chi connectivity index (χ0v) is 22.0. The van der Waals surface area contributed by atoms with Gasteiger partial charge in [-0.25, -0.2) is 18.0 Å². The number of hydrogen-bond acceptors (Lipinski definition) is 8. The molecule has 2 aromatic carbocycles. The fraction of sp³-hybridized carbons (Fsp3) is 0.240. The molecule has 10 nitrogen and oxygen atoms in total. The lowest BCUT2D eigenvalue weighted by Gasteiger charge is -2.25. The van der Waals surface area contributed by atoms with Crippen LogP contribution in [0.4, 0.5) is 15.5 Å². The molecule has 1 aliphatic heterocycles. The Morgan fingerprint density at radius 3 is 2.27 bits per heavy atom. The Balaban J connectivity index is 1.52. The number of fused-ring (bicyclic) bond motifs is 1. The number of esters is 1. The maximum atomic E-state index is 13.0. The summed E-state index contributed by atoms with van der Waals surface area (Å²) < 4.78 is 37.5. The summed E-state index contributed by atoms with van der Waals surface area (Å²) in [5.74, 6) is -1.07. The number of methoxy groups -OCH3 is 2. The van der Waals surface area contributed by atoms with E-state index in [1.54, 1.807) is 12.1 Å². The number of aryl methyl sites for hydroxylation is 1. The Bertz CT molecular complexity index is 1450. The molecular formula is C25H25N3O7S2. The topological polar surface area (TPSA) is 131 Å². The van der Waals surface area contributed by atoms with E-state index in [9.17, 15) is 22.8 Å². The summed E-state index contributed by atoms with van der Waals surface area (Å²) >= 11 is 1.20. The first-order chi connectivity index (χ1) is 17.6. The molecule has 37 heavy (non-hydrogen) atoms. The van der Waals surface area contributed by atoms with E-state index >= 15 is 0 Å². The second-order valence-electron chi connectivity index (χ2n) is 8.29. The molecule has 0 saturated heterocycles. The van der Waals surface area contributed by atoms with Gasteiger partial charge < -0.3 is 19.7 Å². The number of carbonyl (C=O) groups excluding carboxylic acids is 3. The van der Waals surface area contributed by atoms with E-state index in [0.29, 0.717) is 23.7 Å². The summed E-state index contributed by atoms with van der Waals surface area (Å²) in [7, 11) is -1.22. The Labute approximate surface area is 218 Å². The summed E-state index contributed by atoms with van der Waals surface area (Å²) in [5.41, 5.74) is 2.49. The zero-order valence-electron chi connectivity index (χ0n) is 20.4. The van der Waals surface area contributed by atoms with Crippen LogP contribution < -0.4 is 10.0 Å². The van der Waals surface area contributed by atoms with Crippen molar-refractivity contribution in [3.8, 4) is 0 Å². The Hall–Kier alpha value is -3.90. The molecule has 2 heterocycles. The van der Waals surface area contributed by atoms with Crippen molar-refractivity contribution in [2.45, 2.75) is 24.8 Å². The summed E-state index contributed by atoms with van der Waals surface area (Å²) in [6.45, 7) is 2.49. The monoisotopic (exact) mass is 543 g/mol. The molecule has 0 fully saturated rings. The fourth-order valence-electron chi connectivity index (χ4n) is 3.89. The van der Waals surface area contributed by atoms with Gasteiger partial charge in [0.2, 0.25) is 0 Å².